The lowest BCUT2D eigenvalue weighted by Crippen LogP contribution is -2.53. The zero-order valence-electron chi connectivity index (χ0n) is 12.4. The van der Waals surface area contributed by atoms with E-state index in [1.807, 2.05) is 18.2 Å². The first kappa shape index (κ1) is 13.4. The molecular formula is C16H22N2O2. The van der Waals surface area contributed by atoms with Crippen molar-refractivity contribution in [2.75, 3.05) is 18.4 Å². The number of para-hydroxylation sites is 1. The van der Waals surface area contributed by atoms with Gasteiger partial charge in [-0.15, -0.1) is 0 Å². The Morgan fingerprint density at radius 3 is 2.50 bits per heavy atom. The zero-order valence-corrected chi connectivity index (χ0v) is 12.4. The van der Waals surface area contributed by atoms with Gasteiger partial charge in [-0.3, -0.25) is 10.2 Å². The van der Waals surface area contributed by atoms with Crippen molar-refractivity contribution in [1.29, 1.82) is 0 Å². The maximum Gasteiger partial charge on any atom is 0.412 e. The van der Waals surface area contributed by atoms with E-state index >= 15 is 0 Å². The molecule has 1 N–H and O–H groups in total. The Morgan fingerprint density at radius 1 is 1.20 bits per heavy atom. The number of benzene rings is 1. The standard InChI is InChI=1S/C16H22N2O2/c1-15(2,3)18-10-8-16(9-11-18)12-6-4-5-7-13(12)17-14(19)20-16/h4-7H,8-11H2,1-3H3,(H,17,19). The fourth-order valence-electron chi connectivity index (χ4n) is 3.27. The van der Waals surface area contributed by atoms with Gasteiger partial charge >= 0.3 is 6.09 Å². The Labute approximate surface area is 120 Å². The molecule has 1 aromatic rings. The molecule has 0 saturated carbocycles. The molecule has 0 radical (unpaired) electrons. The molecule has 1 fully saturated rings. The van der Waals surface area contributed by atoms with Crippen molar-refractivity contribution in [1.82, 2.24) is 4.90 Å². The lowest BCUT2D eigenvalue weighted by Gasteiger charge is -2.47. The molecule has 0 unspecified atom stereocenters. The van der Waals surface area contributed by atoms with Crippen molar-refractivity contribution in [3.63, 3.8) is 0 Å². The highest BCUT2D eigenvalue weighted by Crippen LogP contribution is 2.44. The lowest BCUT2D eigenvalue weighted by molar-refractivity contribution is -0.0543. The molecule has 0 aliphatic carbocycles. The van der Waals surface area contributed by atoms with Crippen molar-refractivity contribution in [3.05, 3.63) is 29.8 Å². The number of ether oxygens (including phenoxy) is 1. The minimum Gasteiger partial charge on any atom is -0.438 e. The summed E-state index contributed by atoms with van der Waals surface area (Å²) in [5, 5.41) is 2.80. The number of rotatable bonds is 0. The summed E-state index contributed by atoms with van der Waals surface area (Å²) in [6.45, 7) is 8.59. The number of hydrogen-bond acceptors (Lipinski definition) is 3. The van der Waals surface area contributed by atoms with Gasteiger partial charge in [-0.25, -0.2) is 4.79 Å². The Hall–Kier alpha value is -1.55. The second-order valence-corrected chi connectivity index (χ2v) is 6.71. The van der Waals surface area contributed by atoms with Gasteiger partial charge in [0.05, 0.1) is 5.69 Å². The van der Waals surface area contributed by atoms with Crippen LogP contribution in [0.15, 0.2) is 24.3 Å². The number of nitrogens with one attached hydrogen (secondary N) is 1. The molecule has 2 heterocycles. The molecule has 20 heavy (non-hydrogen) atoms. The van der Waals surface area contributed by atoms with Crippen molar-refractivity contribution >= 4 is 11.8 Å². The molecule has 1 amide bonds. The van der Waals surface area contributed by atoms with E-state index in [9.17, 15) is 4.79 Å². The van der Waals surface area contributed by atoms with Crippen LogP contribution in [-0.4, -0.2) is 29.6 Å². The second-order valence-electron chi connectivity index (χ2n) is 6.71. The van der Waals surface area contributed by atoms with Crippen LogP contribution >= 0.6 is 0 Å². The molecule has 3 rings (SSSR count). The van der Waals surface area contributed by atoms with Crippen LogP contribution in [0.1, 0.15) is 39.2 Å². The first-order valence-corrected chi connectivity index (χ1v) is 7.25. The van der Waals surface area contributed by atoms with Gasteiger partial charge in [0.25, 0.3) is 0 Å². The third-order valence-corrected chi connectivity index (χ3v) is 4.46. The molecule has 0 atom stereocenters. The van der Waals surface area contributed by atoms with Crippen LogP contribution in [0.25, 0.3) is 0 Å². The molecule has 108 valence electrons. The van der Waals surface area contributed by atoms with Gasteiger partial charge in [0.15, 0.2) is 0 Å². The van der Waals surface area contributed by atoms with Gasteiger partial charge in [-0.2, -0.15) is 0 Å². The number of likely N-dealkylation sites (tertiary alicyclic amines) is 1. The Morgan fingerprint density at radius 2 is 1.85 bits per heavy atom. The molecule has 0 bridgehead atoms. The fraction of sp³-hybridized carbons (Fsp3) is 0.562. The summed E-state index contributed by atoms with van der Waals surface area (Å²) in [4.78, 5) is 14.3. The molecule has 1 saturated heterocycles. The predicted molar refractivity (Wildman–Crippen MR) is 78.8 cm³/mol. The Kier molecular flexibility index (Phi) is 3.01. The SMILES string of the molecule is CC(C)(C)N1CCC2(CC1)OC(=O)Nc1ccccc12. The van der Waals surface area contributed by atoms with E-state index in [1.54, 1.807) is 0 Å². The number of carbonyl (C=O) groups excluding carboxylic acids is 1. The largest absolute Gasteiger partial charge is 0.438 e. The van der Waals surface area contributed by atoms with Crippen molar-refractivity contribution in [2.45, 2.75) is 44.8 Å². The van der Waals surface area contributed by atoms with E-state index in [1.165, 1.54) is 0 Å². The zero-order chi connectivity index (χ0) is 14.4. The van der Waals surface area contributed by atoms with Gasteiger partial charge in [0.1, 0.15) is 5.60 Å². The number of nitrogens with zero attached hydrogens (tertiary/aromatic N) is 1. The highest BCUT2D eigenvalue weighted by Gasteiger charge is 2.45. The van der Waals surface area contributed by atoms with Gasteiger partial charge in [-0.1, -0.05) is 18.2 Å². The molecular weight excluding hydrogens is 252 g/mol. The van der Waals surface area contributed by atoms with Crippen LogP contribution in [0.4, 0.5) is 10.5 Å². The van der Waals surface area contributed by atoms with Crippen LogP contribution in [0.3, 0.4) is 0 Å². The van der Waals surface area contributed by atoms with Gasteiger partial charge in [-0.05, 0) is 26.8 Å². The molecule has 0 aromatic heterocycles. The summed E-state index contributed by atoms with van der Waals surface area (Å²) >= 11 is 0. The van der Waals surface area contributed by atoms with Crippen molar-refractivity contribution in [3.8, 4) is 0 Å². The van der Waals surface area contributed by atoms with E-state index in [0.717, 1.165) is 37.2 Å². The number of hydrogen-bond donors (Lipinski definition) is 1. The maximum absolute atomic E-state index is 11.8. The topological polar surface area (TPSA) is 41.6 Å². The average molecular weight is 274 g/mol. The highest BCUT2D eigenvalue weighted by molar-refractivity contribution is 5.88. The van der Waals surface area contributed by atoms with Crippen LogP contribution < -0.4 is 5.32 Å². The lowest BCUT2D eigenvalue weighted by atomic mass is 9.81. The number of carbonyl (C=O) groups is 1. The van der Waals surface area contributed by atoms with Crippen molar-refractivity contribution < 1.29 is 9.53 Å². The maximum atomic E-state index is 11.8. The Bertz CT molecular complexity index is 526. The molecule has 4 heteroatoms. The molecule has 1 spiro atoms. The fourth-order valence-corrected chi connectivity index (χ4v) is 3.27. The molecule has 1 aromatic carbocycles. The normalized spacial score (nSPS) is 22.1. The summed E-state index contributed by atoms with van der Waals surface area (Å²) in [5.41, 5.74) is 1.74. The first-order chi connectivity index (χ1) is 9.41. The summed E-state index contributed by atoms with van der Waals surface area (Å²) in [7, 11) is 0. The van der Waals surface area contributed by atoms with Crippen LogP contribution in [0.5, 0.6) is 0 Å². The van der Waals surface area contributed by atoms with E-state index in [2.05, 4.69) is 37.1 Å². The molecule has 2 aliphatic heterocycles. The molecule has 2 aliphatic rings. The summed E-state index contributed by atoms with van der Waals surface area (Å²) in [6.07, 6.45) is 1.39. The van der Waals surface area contributed by atoms with E-state index < -0.39 is 5.60 Å². The van der Waals surface area contributed by atoms with Crippen LogP contribution in [0, 0.1) is 0 Å². The highest BCUT2D eigenvalue weighted by atomic mass is 16.6. The van der Waals surface area contributed by atoms with E-state index in [-0.39, 0.29) is 11.6 Å². The summed E-state index contributed by atoms with van der Waals surface area (Å²) in [6, 6.07) is 7.98. The summed E-state index contributed by atoms with van der Waals surface area (Å²) < 4.78 is 5.73. The second kappa shape index (κ2) is 4.48. The van der Waals surface area contributed by atoms with Crippen LogP contribution in [-0.2, 0) is 10.3 Å². The average Bonchev–Trinajstić information content (AvgIpc) is 2.38. The minimum atomic E-state index is -0.444. The minimum absolute atomic E-state index is 0.165. The number of anilines is 1. The van der Waals surface area contributed by atoms with E-state index in [0.29, 0.717) is 0 Å². The number of fused-ring (bicyclic) bond motifs is 2. The molecule has 4 nitrogen and oxygen atoms in total. The quantitative estimate of drug-likeness (QED) is 0.789. The Balaban J connectivity index is 1.89. The third kappa shape index (κ3) is 2.18. The number of amides is 1. The predicted octanol–water partition coefficient (Wildman–Crippen LogP) is 3.34. The smallest absolute Gasteiger partial charge is 0.412 e. The summed E-state index contributed by atoms with van der Waals surface area (Å²) in [5.74, 6) is 0. The van der Waals surface area contributed by atoms with Crippen molar-refractivity contribution in [2.24, 2.45) is 0 Å². The van der Waals surface area contributed by atoms with Gasteiger partial charge < -0.3 is 4.74 Å². The van der Waals surface area contributed by atoms with Crippen LogP contribution in [0.2, 0.25) is 0 Å². The monoisotopic (exact) mass is 274 g/mol. The van der Waals surface area contributed by atoms with Gasteiger partial charge in [0.2, 0.25) is 0 Å². The number of piperidine rings is 1. The van der Waals surface area contributed by atoms with E-state index in [4.69, 9.17) is 4.74 Å². The third-order valence-electron chi connectivity index (χ3n) is 4.46. The first-order valence-electron chi connectivity index (χ1n) is 7.25. The van der Waals surface area contributed by atoms with Gasteiger partial charge in [0, 0.05) is 37.0 Å².